The van der Waals surface area contributed by atoms with E-state index in [0.717, 1.165) is 21.4 Å². The van der Waals surface area contributed by atoms with Crippen LogP contribution in [0.25, 0.3) is 16.2 Å². The van der Waals surface area contributed by atoms with Crippen molar-refractivity contribution in [3.63, 3.8) is 0 Å². The Bertz CT molecular complexity index is 1410. The third kappa shape index (κ3) is 4.03. The summed E-state index contributed by atoms with van der Waals surface area (Å²) in [6, 6.07) is 21.0. The van der Waals surface area contributed by atoms with Crippen molar-refractivity contribution in [2.24, 2.45) is 4.99 Å². The summed E-state index contributed by atoms with van der Waals surface area (Å²) < 4.78 is 20.1. The summed E-state index contributed by atoms with van der Waals surface area (Å²) in [6.07, 6.45) is 1.73. The highest BCUT2D eigenvalue weighted by molar-refractivity contribution is 7.21. The number of fused-ring (bicyclic) bond motifs is 1. The number of carbonyl (C=O) groups is 1. The molecule has 3 aromatic carbocycles. The molecule has 1 aliphatic heterocycles. The van der Waals surface area contributed by atoms with E-state index in [2.05, 4.69) is 4.99 Å². The molecule has 0 bridgehead atoms. The van der Waals surface area contributed by atoms with Gasteiger partial charge in [-0.3, -0.25) is 9.69 Å². The second-order valence-corrected chi connectivity index (χ2v) is 8.76. The average molecular weight is 477 g/mol. The Morgan fingerprint density at radius 1 is 1.06 bits per heavy atom. The van der Waals surface area contributed by atoms with Crippen LogP contribution < -0.4 is 9.64 Å². The Hall–Kier alpha value is -3.48. The molecule has 2 heterocycles. The van der Waals surface area contributed by atoms with E-state index >= 15 is 0 Å². The summed E-state index contributed by atoms with van der Waals surface area (Å²) in [5.41, 5.74) is 1.60. The van der Waals surface area contributed by atoms with Gasteiger partial charge in [0.1, 0.15) is 17.3 Å². The minimum Gasteiger partial charge on any atom is -0.494 e. The van der Waals surface area contributed by atoms with Crippen LogP contribution in [-0.2, 0) is 4.79 Å². The van der Waals surface area contributed by atoms with Crippen LogP contribution >= 0.6 is 22.9 Å². The van der Waals surface area contributed by atoms with E-state index in [9.17, 15) is 9.18 Å². The normalized spacial score (nSPS) is 14.9. The van der Waals surface area contributed by atoms with Gasteiger partial charge in [-0.2, -0.15) is 0 Å². The van der Waals surface area contributed by atoms with Crippen LogP contribution in [-0.4, -0.2) is 18.3 Å². The Kier molecular flexibility index (Phi) is 5.70. The number of benzene rings is 3. The zero-order valence-corrected chi connectivity index (χ0v) is 19.2. The molecule has 0 saturated carbocycles. The number of carbonyl (C=O) groups excluding carboxylic acids is 1. The average Bonchev–Trinajstić information content (AvgIpc) is 3.33. The molecule has 0 unspecified atom stereocenters. The summed E-state index contributed by atoms with van der Waals surface area (Å²) in [5.74, 6) is 0.495. The highest BCUT2D eigenvalue weighted by atomic mass is 35.5. The van der Waals surface area contributed by atoms with Crippen molar-refractivity contribution in [3.8, 4) is 5.75 Å². The summed E-state index contributed by atoms with van der Waals surface area (Å²) in [6.45, 7) is 2.50. The first-order valence-corrected chi connectivity index (χ1v) is 11.6. The van der Waals surface area contributed by atoms with Crippen molar-refractivity contribution >= 4 is 56.5 Å². The molecular formula is C26H18ClFN2O2S. The quantitative estimate of drug-likeness (QED) is 0.293. The lowest BCUT2D eigenvalue weighted by Crippen LogP contribution is -2.32. The highest BCUT2D eigenvalue weighted by Crippen LogP contribution is 2.39. The second-order valence-electron chi connectivity index (χ2n) is 7.33. The summed E-state index contributed by atoms with van der Waals surface area (Å²) >= 11 is 8.18. The number of halogens is 2. The molecule has 33 heavy (non-hydrogen) atoms. The number of nitrogens with zero attached hydrogens (tertiary/aromatic N) is 2. The number of aliphatic imine (C=N–C) groups is 1. The summed E-state index contributed by atoms with van der Waals surface area (Å²) in [5, 5.41) is 1.44. The van der Waals surface area contributed by atoms with Crippen LogP contribution in [0.3, 0.4) is 0 Å². The number of amidine groups is 1. The van der Waals surface area contributed by atoms with Crippen LogP contribution in [0.15, 0.2) is 83.5 Å². The first-order valence-electron chi connectivity index (χ1n) is 10.4. The van der Waals surface area contributed by atoms with Gasteiger partial charge < -0.3 is 4.74 Å². The molecule has 0 N–H and O–H groups in total. The Labute approximate surface area is 199 Å². The number of hydrogen-bond acceptors (Lipinski definition) is 4. The van der Waals surface area contributed by atoms with Crippen molar-refractivity contribution in [1.82, 2.24) is 0 Å². The van der Waals surface area contributed by atoms with Crippen molar-refractivity contribution < 1.29 is 13.9 Å². The molecule has 4 nitrogen and oxygen atoms in total. The Balaban J connectivity index is 1.62. The van der Waals surface area contributed by atoms with E-state index in [4.69, 9.17) is 16.3 Å². The minimum atomic E-state index is -0.381. The molecule has 0 atom stereocenters. The molecule has 0 saturated heterocycles. The van der Waals surface area contributed by atoms with Crippen LogP contribution in [0.4, 0.5) is 10.1 Å². The lowest BCUT2D eigenvalue weighted by molar-refractivity contribution is -0.113. The molecular weight excluding hydrogens is 459 g/mol. The molecule has 1 aromatic heterocycles. The van der Waals surface area contributed by atoms with Gasteiger partial charge in [-0.15, -0.1) is 11.3 Å². The Morgan fingerprint density at radius 2 is 1.79 bits per heavy atom. The van der Waals surface area contributed by atoms with Gasteiger partial charge in [-0.1, -0.05) is 41.9 Å². The zero-order chi connectivity index (χ0) is 22.9. The number of amides is 1. The lowest BCUT2D eigenvalue weighted by Gasteiger charge is -2.17. The lowest BCUT2D eigenvalue weighted by atomic mass is 10.2. The fourth-order valence-electron chi connectivity index (χ4n) is 3.64. The molecule has 164 valence electrons. The molecule has 5 rings (SSSR count). The number of hydrogen-bond donors (Lipinski definition) is 0. The molecule has 1 amide bonds. The van der Waals surface area contributed by atoms with E-state index < -0.39 is 0 Å². The largest absolute Gasteiger partial charge is 0.494 e. The summed E-state index contributed by atoms with van der Waals surface area (Å²) in [7, 11) is 0. The van der Waals surface area contributed by atoms with Gasteiger partial charge in [0.2, 0.25) is 0 Å². The second kappa shape index (κ2) is 8.81. The van der Waals surface area contributed by atoms with Crippen molar-refractivity contribution in [2.45, 2.75) is 6.92 Å². The van der Waals surface area contributed by atoms with Gasteiger partial charge in [0.25, 0.3) is 5.91 Å². The maximum Gasteiger partial charge on any atom is 0.282 e. The first kappa shape index (κ1) is 21.4. The molecule has 7 heteroatoms. The predicted octanol–water partition coefficient (Wildman–Crippen LogP) is 6.93. The zero-order valence-electron chi connectivity index (χ0n) is 17.6. The van der Waals surface area contributed by atoms with E-state index in [-0.39, 0.29) is 17.4 Å². The monoisotopic (exact) mass is 476 g/mol. The third-order valence-electron chi connectivity index (χ3n) is 5.18. The Morgan fingerprint density at radius 3 is 2.48 bits per heavy atom. The van der Waals surface area contributed by atoms with Crippen molar-refractivity contribution in [1.29, 1.82) is 0 Å². The molecule has 0 spiro atoms. The van der Waals surface area contributed by atoms with E-state index in [0.29, 0.717) is 28.0 Å². The van der Waals surface area contributed by atoms with E-state index in [1.807, 2.05) is 55.5 Å². The van der Waals surface area contributed by atoms with Gasteiger partial charge in [0.05, 0.1) is 22.2 Å². The maximum atomic E-state index is 13.6. The molecule has 4 aromatic rings. The fraction of sp³-hybridized carbons (Fsp3) is 0.0769. The molecule has 0 aliphatic carbocycles. The van der Waals surface area contributed by atoms with Crippen molar-refractivity contribution in [2.75, 3.05) is 11.5 Å². The highest BCUT2D eigenvalue weighted by Gasteiger charge is 2.35. The third-order valence-corrected chi connectivity index (χ3v) is 6.85. The van der Waals surface area contributed by atoms with E-state index in [1.54, 1.807) is 18.2 Å². The standard InChI is InChI=1S/C26H18ClFN2O2S/c1-2-32-19-13-7-16(8-14-19)15-21-26(31)30(18-11-9-17(28)10-12-18)25(29-21)24-23(27)20-5-3-4-6-22(20)33-24/h3-15H,2H2,1H3/b21-15+. The number of anilines is 1. The molecule has 0 fully saturated rings. The van der Waals surface area contributed by atoms with Gasteiger partial charge in [0.15, 0.2) is 5.84 Å². The van der Waals surface area contributed by atoms with Crippen LogP contribution in [0.2, 0.25) is 5.02 Å². The topological polar surface area (TPSA) is 41.9 Å². The summed E-state index contributed by atoms with van der Waals surface area (Å²) in [4.78, 5) is 20.3. The fourth-order valence-corrected chi connectivity index (χ4v) is 5.14. The number of thiophene rings is 1. The SMILES string of the molecule is CCOc1ccc(/C=C2/N=C(c3sc4ccccc4c3Cl)N(c3ccc(F)cc3)C2=O)cc1. The number of rotatable bonds is 5. The van der Waals surface area contributed by atoms with Gasteiger partial charge in [0, 0.05) is 10.1 Å². The van der Waals surface area contributed by atoms with Gasteiger partial charge in [-0.25, -0.2) is 9.38 Å². The maximum absolute atomic E-state index is 13.6. The van der Waals surface area contributed by atoms with Gasteiger partial charge >= 0.3 is 0 Å². The van der Waals surface area contributed by atoms with Crippen LogP contribution in [0.1, 0.15) is 17.4 Å². The molecule has 0 radical (unpaired) electrons. The first-order chi connectivity index (χ1) is 16.0. The minimum absolute atomic E-state index is 0.270. The van der Waals surface area contributed by atoms with E-state index in [1.165, 1.54) is 28.4 Å². The predicted molar refractivity (Wildman–Crippen MR) is 133 cm³/mol. The molecule has 1 aliphatic rings. The van der Waals surface area contributed by atoms with Crippen LogP contribution in [0, 0.1) is 5.82 Å². The van der Waals surface area contributed by atoms with Crippen molar-refractivity contribution in [3.05, 3.63) is 99.8 Å². The smallest absolute Gasteiger partial charge is 0.282 e. The van der Waals surface area contributed by atoms with Gasteiger partial charge in [-0.05, 0) is 61.0 Å². The number of ether oxygens (including phenoxy) is 1. The van der Waals surface area contributed by atoms with Crippen LogP contribution in [0.5, 0.6) is 5.75 Å².